The Kier molecular flexibility index (Phi) is 3.66. The lowest BCUT2D eigenvalue weighted by molar-refractivity contribution is 0.602. The van der Waals surface area contributed by atoms with Crippen molar-refractivity contribution in [3.05, 3.63) is 75.8 Å². The highest BCUT2D eigenvalue weighted by Gasteiger charge is 2.22. The van der Waals surface area contributed by atoms with E-state index in [9.17, 15) is 4.79 Å². The van der Waals surface area contributed by atoms with Crippen LogP contribution < -0.4 is 5.56 Å². The average molecular weight is 314 g/mol. The summed E-state index contributed by atoms with van der Waals surface area (Å²) >= 11 is 0. The van der Waals surface area contributed by atoms with Crippen molar-refractivity contribution in [3.8, 4) is 11.8 Å². The lowest BCUT2D eigenvalue weighted by Crippen LogP contribution is -2.21. The first-order chi connectivity index (χ1) is 11.7. The van der Waals surface area contributed by atoms with E-state index in [1.165, 1.54) is 18.4 Å². The zero-order valence-electron chi connectivity index (χ0n) is 13.6. The van der Waals surface area contributed by atoms with E-state index < -0.39 is 0 Å². The monoisotopic (exact) mass is 314 g/mol. The van der Waals surface area contributed by atoms with Crippen molar-refractivity contribution >= 4 is 10.9 Å². The molecule has 1 aliphatic carbocycles. The molecule has 0 amide bonds. The number of hydrogen-bond acceptors (Lipinski definition) is 2. The molecule has 0 radical (unpaired) electrons. The molecule has 3 heteroatoms. The van der Waals surface area contributed by atoms with Crippen LogP contribution in [0.3, 0.4) is 0 Å². The summed E-state index contributed by atoms with van der Waals surface area (Å²) in [6.45, 7) is 2.84. The third-order valence-corrected chi connectivity index (χ3v) is 4.35. The Morgan fingerprint density at radius 3 is 2.67 bits per heavy atom. The number of nitrogens with zero attached hydrogens (tertiary/aromatic N) is 2. The van der Waals surface area contributed by atoms with Crippen molar-refractivity contribution < 1.29 is 0 Å². The van der Waals surface area contributed by atoms with Crippen molar-refractivity contribution in [2.45, 2.75) is 26.3 Å². The predicted octanol–water partition coefficient (Wildman–Crippen LogP) is 3.51. The molecule has 4 rings (SSSR count). The van der Waals surface area contributed by atoms with Gasteiger partial charge in [0.1, 0.15) is 0 Å². The SMILES string of the molecule is Cc1cccc(C#Cc2ccc3c(=O)n(CC4CC4)cnc3c2)c1. The van der Waals surface area contributed by atoms with Gasteiger partial charge in [-0.2, -0.15) is 0 Å². The van der Waals surface area contributed by atoms with Gasteiger partial charge in [-0.1, -0.05) is 24.0 Å². The Bertz CT molecular complexity index is 1030. The summed E-state index contributed by atoms with van der Waals surface area (Å²) < 4.78 is 1.73. The van der Waals surface area contributed by atoms with E-state index in [0.717, 1.165) is 17.7 Å². The van der Waals surface area contributed by atoms with Crippen LogP contribution in [0, 0.1) is 24.7 Å². The first kappa shape index (κ1) is 14.7. The smallest absolute Gasteiger partial charge is 0.261 e. The van der Waals surface area contributed by atoms with E-state index >= 15 is 0 Å². The van der Waals surface area contributed by atoms with E-state index in [-0.39, 0.29) is 5.56 Å². The topological polar surface area (TPSA) is 34.9 Å². The van der Waals surface area contributed by atoms with Gasteiger partial charge < -0.3 is 0 Å². The van der Waals surface area contributed by atoms with Crippen LogP contribution >= 0.6 is 0 Å². The Balaban J connectivity index is 1.67. The molecule has 118 valence electrons. The Hall–Kier alpha value is -2.86. The molecular formula is C21H18N2O. The van der Waals surface area contributed by atoms with Crippen LogP contribution in [0.4, 0.5) is 0 Å². The van der Waals surface area contributed by atoms with Gasteiger partial charge in [0.05, 0.1) is 17.2 Å². The fraction of sp³-hybridized carbons (Fsp3) is 0.238. The summed E-state index contributed by atoms with van der Waals surface area (Å²) in [6, 6.07) is 13.7. The number of aryl methyl sites for hydroxylation is 1. The second kappa shape index (κ2) is 5.98. The Labute approximate surface area is 141 Å². The second-order valence-corrected chi connectivity index (χ2v) is 6.50. The molecule has 0 unspecified atom stereocenters. The van der Waals surface area contributed by atoms with Gasteiger partial charge >= 0.3 is 0 Å². The highest BCUT2D eigenvalue weighted by molar-refractivity contribution is 5.79. The summed E-state index contributed by atoms with van der Waals surface area (Å²) in [4.78, 5) is 17.0. The van der Waals surface area contributed by atoms with Crippen LogP contribution in [-0.4, -0.2) is 9.55 Å². The van der Waals surface area contributed by atoms with Crippen molar-refractivity contribution in [1.82, 2.24) is 9.55 Å². The Morgan fingerprint density at radius 2 is 1.92 bits per heavy atom. The predicted molar refractivity (Wildman–Crippen MR) is 95.9 cm³/mol. The van der Waals surface area contributed by atoms with Crippen molar-refractivity contribution in [2.75, 3.05) is 0 Å². The minimum Gasteiger partial charge on any atom is -0.298 e. The number of fused-ring (bicyclic) bond motifs is 1. The molecule has 1 aliphatic rings. The fourth-order valence-corrected chi connectivity index (χ4v) is 2.81. The van der Waals surface area contributed by atoms with Gasteiger partial charge in [0.15, 0.2) is 0 Å². The van der Waals surface area contributed by atoms with Crippen LogP contribution in [0.15, 0.2) is 53.6 Å². The van der Waals surface area contributed by atoms with E-state index in [4.69, 9.17) is 0 Å². The van der Waals surface area contributed by atoms with Crippen molar-refractivity contribution in [1.29, 1.82) is 0 Å². The molecule has 0 aliphatic heterocycles. The van der Waals surface area contributed by atoms with E-state index in [2.05, 4.69) is 35.9 Å². The van der Waals surface area contributed by atoms with Crippen LogP contribution in [-0.2, 0) is 6.54 Å². The molecule has 24 heavy (non-hydrogen) atoms. The number of hydrogen-bond donors (Lipinski definition) is 0. The second-order valence-electron chi connectivity index (χ2n) is 6.50. The first-order valence-electron chi connectivity index (χ1n) is 8.27. The van der Waals surface area contributed by atoms with Gasteiger partial charge in [0.25, 0.3) is 5.56 Å². The van der Waals surface area contributed by atoms with E-state index in [1.807, 2.05) is 30.3 Å². The molecule has 0 spiro atoms. The lowest BCUT2D eigenvalue weighted by Gasteiger charge is -2.05. The minimum atomic E-state index is 0.0464. The zero-order valence-corrected chi connectivity index (χ0v) is 13.6. The Morgan fingerprint density at radius 1 is 1.12 bits per heavy atom. The molecule has 1 heterocycles. The van der Waals surface area contributed by atoms with Crippen LogP contribution in [0.2, 0.25) is 0 Å². The van der Waals surface area contributed by atoms with Gasteiger partial charge in [0.2, 0.25) is 0 Å². The first-order valence-corrected chi connectivity index (χ1v) is 8.27. The van der Waals surface area contributed by atoms with Gasteiger partial charge in [0, 0.05) is 17.7 Å². The molecule has 0 N–H and O–H groups in total. The van der Waals surface area contributed by atoms with Crippen LogP contribution in [0.5, 0.6) is 0 Å². The molecular weight excluding hydrogens is 296 g/mol. The number of aromatic nitrogens is 2. The average Bonchev–Trinajstić information content (AvgIpc) is 3.40. The maximum atomic E-state index is 12.5. The molecule has 0 atom stereocenters. The van der Waals surface area contributed by atoms with Gasteiger partial charge in [-0.3, -0.25) is 9.36 Å². The van der Waals surface area contributed by atoms with Gasteiger partial charge in [-0.05, 0) is 61.6 Å². The third kappa shape index (κ3) is 3.09. The maximum Gasteiger partial charge on any atom is 0.261 e. The minimum absolute atomic E-state index is 0.0464. The summed E-state index contributed by atoms with van der Waals surface area (Å²) in [5.74, 6) is 6.98. The molecule has 1 aromatic heterocycles. The summed E-state index contributed by atoms with van der Waals surface area (Å²) in [7, 11) is 0. The van der Waals surface area contributed by atoms with Crippen molar-refractivity contribution in [3.63, 3.8) is 0 Å². The molecule has 0 saturated heterocycles. The quantitative estimate of drug-likeness (QED) is 0.678. The maximum absolute atomic E-state index is 12.5. The normalized spacial score (nSPS) is 13.5. The third-order valence-electron chi connectivity index (χ3n) is 4.35. The molecule has 3 aromatic rings. The molecule has 2 aromatic carbocycles. The highest BCUT2D eigenvalue weighted by atomic mass is 16.1. The van der Waals surface area contributed by atoms with Crippen LogP contribution in [0.1, 0.15) is 29.5 Å². The van der Waals surface area contributed by atoms with Crippen molar-refractivity contribution in [2.24, 2.45) is 5.92 Å². The zero-order chi connectivity index (χ0) is 16.5. The fourth-order valence-electron chi connectivity index (χ4n) is 2.81. The summed E-state index contributed by atoms with van der Waals surface area (Å²) in [5, 5.41) is 0.666. The standard InChI is InChI=1S/C21H18N2O/c1-15-3-2-4-16(11-15)5-6-17-9-10-19-20(12-17)22-14-23(21(19)24)13-18-7-8-18/h2-4,9-12,14,18H,7-8,13H2,1H3. The largest absolute Gasteiger partial charge is 0.298 e. The number of rotatable bonds is 2. The molecule has 1 fully saturated rings. The van der Waals surface area contributed by atoms with Gasteiger partial charge in [-0.15, -0.1) is 0 Å². The van der Waals surface area contributed by atoms with E-state index in [1.54, 1.807) is 10.9 Å². The molecule has 3 nitrogen and oxygen atoms in total. The van der Waals surface area contributed by atoms with Gasteiger partial charge in [-0.25, -0.2) is 4.98 Å². The van der Waals surface area contributed by atoms with E-state index in [0.29, 0.717) is 16.8 Å². The molecule has 1 saturated carbocycles. The summed E-state index contributed by atoms with van der Waals surface area (Å²) in [6.07, 6.45) is 4.11. The van der Waals surface area contributed by atoms with Crippen LogP contribution in [0.25, 0.3) is 10.9 Å². The highest BCUT2D eigenvalue weighted by Crippen LogP contribution is 2.30. The molecule has 0 bridgehead atoms. The number of benzene rings is 2. The lowest BCUT2D eigenvalue weighted by atomic mass is 10.1. The summed E-state index contributed by atoms with van der Waals surface area (Å²) in [5.41, 5.74) is 3.81.